The van der Waals surface area contributed by atoms with Crippen molar-refractivity contribution in [3.05, 3.63) is 29.1 Å². The van der Waals surface area contributed by atoms with Crippen LogP contribution in [0.5, 0.6) is 0 Å². The topological polar surface area (TPSA) is 66.5 Å². The highest BCUT2D eigenvalue weighted by Gasteiger charge is 2.09. The highest BCUT2D eigenvalue weighted by atomic mass is 32.1. The average molecular weight is 482 g/mol. The summed E-state index contributed by atoms with van der Waals surface area (Å²) in [4.78, 5) is 14.0. The number of anilines is 1. The number of aldehydes is 1. The van der Waals surface area contributed by atoms with Crippen molar-refractivity contribution in [3.63, 3.8) is 0 Å². The van der Waals surface area contributed by atoms with Crippen LogP contribution in [-0.4, -0.2) is 86.5 Å². The number of fused-ring (bicyclic) bond motifs is 2. The smallest absolute Gasteiger partial charge is 0.160 e. The van der Waals surface area contributed by atoms with Gasteiger partial charge < -0.3 is 28.6 Å². The van der Waals surface area contributed by atoms with Crippen molar-refractivity contribution in [2.75, 3.05) is 85.1 Å². The number of likely N-dealkylation sites (N-methyl/N-ethyl adjacent to an activating group) is 1. The summed E-state index contributed by atoms with van der Waals surface area (Å²) in [5, 5.41) is 3.54. The molecule has 0 bridgehead atoms. The van der Waals surface area contributed by atoms with Crippen molar-refractivity contribution in [2.24, 2.45) is 0 Å². The van der Waals surface area contributed by atoms with Crippen molar-refractivity contribution in [1.29, 1.82) is 0 Å². The molecule has 0 aliphatic rings. The number of benzene rings is 1. The molecule has 0 saturated heterocycles. The molecule has 0 saturated carbocycles. The molecule has 2 aromatic heterocycles. The molecule has 0 aliphatic heterocycles. The fourth-order valence-electron chi connectivity index (χ4n) is 3.04. The predicted octanol–water partition coefficient (Wildman–Crippen LogP) is 4.08. The largest absolute Gasteiger partial charge is 0.382 e. The van der Waals surface area contributed by atoms with Gasteiger partial charge >= 0.3 is 0 Å². The number of carbonyl (C=O) groups is 1. The molecule has 3 rings (SSSR count). The number of thiophene rings is 2. The second-order valence-electron chi connectivity index (χ2n) is 7.14. The minimum atomic E-state index is 0.551. The van der Waals surface area contributed by atoms with Gasteiger partial charge in [-0.05, 0) is 35.0 Å². The zero-order valence-electron chi connectivity index (χ0n) is 18.7. The van der Waals surface area contributed by atoms with Gasteiger partial charge in [-0.25, -0.2) is 0 Å². The number of nitrogens with zero attached hydrogens (tertiary/aromatic N) is 1. The summed E-state index contributed by atoms with van der Waals surface area (Å²) in [6.07, 6.45) is 0.916. The number of rotatable bonds is 17. The Kier molecular flexibility index (Phi) is 10.8. The standard InChI is InChI=1S/C23H31NO6S2/c1-24(3-4-27-7-8-29-11-12-30-10-9-28-6-5-26-2)23-15-19-13-18-14-20(17-25)31-21(18)16-22(19)32-23/h13-17H,3-12H2,1-2H3. The molecule has 3 aromatic rings. The monoisotopic (exact) mass is 481 g/mol. The molecule has 7 nitrogen and oxygen atoms in total. The van der Waals surface area contributed by atoms with Gasteiger partial charge in [0.2, 0.25) is 0 Å². The molecule has 0 fully saturated rings. The first kappa shape index (κ1) is 25.0. The van der Waals surface area contributed by atoms with Gasteiger partial charge in [-0.3, -0.25) is 4.79 Å². The lowest BCUT2D eigenvalue weighted by Gasteiger charge is -2.16. The van der Waals surface area contributed by atoms with E-state index in [4.69, 9.17) is 23.7 Å². The minimum absolute atomic E-state index is 0.551. The Hall–Kier alpha value is -1.59. The maximum atomic E-state index is 11.0. The molecule has 2 heterocycles. The maximum Gasteiger partial charge on any atom is 0.160 e. The first-order chi connectivity index (χ1) is 15.7. The van der Waals surface area contributed by atoms with E-state index in [0.29, 0.717) is 59.5 Å². The van der Waals surface area contributed by atoms with Crippen LogP contribution in [0.15, 0.2) is 24.3 Å². The number of carbonyl (C=O) groups excluding carboxylic acids is 1. The summed E-state index contributed by atoms with van der Waals surface area (Å²) in [7, 11) is 3.73. The molecule has 0 spiro atoms. The van der Waals surface area contributed by atoms with Gasteiger partial charge in [0.1, 0.15) is 0 Å². The van der Waals surface area contributed by atoms with E-state index in [1.54, 1.807) is 18.4 Å². The molecule has 0 aliphatic carbocycles. The molecule has 0 atom stereocenters. The molecular weight excluding hydrogens is 450 g/mol. The van der Waals surface area contributed by atoms with Crippen LogP contribution in [0, 0.1) is 0 Å². The summed E-state index contributed by atoms with van der Waals surface area (Å²) in [5.41, 5.74) is 0. The van der Waals surface area contributed by atoms with E-state index in [2.05, 4.69) is 30.1 Å². The van der Waals surface area contributed by atoms with Gasteiger partial charge in [0.25, 0.3) is 0 Å². The third-order valence-electron chi connectivity index (χ3n) is 4.77. The van der Waals surface area contributed by atoms with Gasteiger partial charge in [-0.2, -0.15) is 0 Å². The fourth-order valence-corrected chi connectivity index (χ4v) is 5.09. The molecule has 1 aromatic carbocycles. The van der Waals surface area contributed by atoms with E-state index in [-0.39, 0.29) is 0 Å². The molecule has 9 heteroatoms. The fraction of sp³-hybridized carbons (Fsp3) is 0.522. The van der Waals surface area contributed by atoms with Crippen LogP contribution in [0.3, 0.4) is 0 Å². The van der Waals surface area contributed by atoms with Gasteiger partial charge in [0, 0.05) is 30.1 Å². The van der Waals surface area contributed by atoms with Crippen LogP contribution >= 0.6 is 22.7 Å². The summed E-state index contributed by atoms with van der Waals surface area (Å²) < 4.78 is 29.2. The Morgan fingerprint density at radius 2 is 1.31 bits per heavy atom. The molecule has 0 radical (unpaired) electrons. The van der Waals surface area contributed by atoms with Crippen LogP contribution in [0.4, 0.5) is 5.00 Å². The first-order valence-electron chi connectivity index (χ1n) is 10.6. The van der Waals surface area contributed by atoms with Crippen LogP contribution in [0.25, 0.3) is 20.2 Å². The van der Waals surface area contributed by atoms with E-state index in [0.717, 1.165) is 27.8 Å². The van der Waals surface area contributed by atoms with Gasteiger partial charge in [0.15, 0.2) is 6.29 Å². The van der Waals surface area contributed by atoms with Crippen LogP contribution in [-0.2, 0) is 23.7 Å². The van der Waals surface area contributed by atoms with E-state index in [9.17, 15) is 4.79 Å². The van der Waals surface area contributed by atoms with Crippen molar-refractivity contribution < 1.29 is 28.5 Å². The molecule has 0 unspecified atom stereocenters. The normalized spacial score (nSPS) is 11.6. The van der Waals surface area contributed by atoms with Gasteiger partial charge in [0.05, 0.1) is 69.3 Å². The minimum Gasteiger partial charge on any atom is -0.382 e. The van der Waals surface area contributed by atoms with Crippen molar-refractivity contribution in [2.45, 2.75) is 0 Å². The number of methoxy groups -OCH3 is 1. The van der Waals surface area contributed by atoms with Gasteiger partial charge in [-0.15, -0.1) is 22.7 Å². The number of hydrogen-bond donors (Lipinski definition) is 0. The van der Waals surface area contributed by atoms with E-state index < -0.39 is 0 Å². The van der Waals surface area contributed by atoms with Crippen LogP contribution in [0.2, 0.25) is 0 Å². The predicted molar refractivity (Wildman–Crippen MR) is 131 cm³/mol. The highest BCUT2D eigenvalue weighted by molar-refractivity contribution is 7.24. The third-order valence-corrected chi connectivity index (χ3v) is 7.01. The lowest BCUT2D eigenvalue weighted by Crippen LogP contribution is -2.22. The third kappa shape index (κ3) is 7.77. The molecular formula is C23H31NO6S2. The van der Waals surface area contributed by atoms with Crippen molar-refractivity contribution >= 4 is 54.1 Å². The van der Waals surface area contributed by atoms with Crippen LogP contribution < -0.4 is 4.90 Å². The zero-order chi connectivity index (χ0) is 22.6. The number of ether oxygens (including phenoxy) is 5. The Morgan fingerprint density at radius 1 is 0.750 bits per heavy atom. The molecule has 176 valence electrons. The molecule has 0 amide bonds. The molecule has 32 heavy (non-hydrogen) atoms. The highest BCUT2D eigenvalue weighted by Crippen LogP contribution is 2.37. The van der Waals surface area contributed by atoms with E-state index in [1.807, 2.05) is 6.07 Å². The van der Waals surface area contributed by atoms with Crippen molar-refractivity contribution in [3.8, 4) is 0 Å². The summed E-state index contributed by atoms with van der Waals surface area (Å²) in [6, 6.07) is 8.49. The van der Waals surface area contributed by atoms with Crippen LogP contribution in [0.1, 0.15) is 9.67 Å². The Bertz CT molecular complexity index is 906. The lowest BCUT2D eigenvalue weighted by atomic mass is 10.2. The summed E-state index contributed by atoms with van der Waals surface area (Å²) >= 11 is 3.30. The average Bonchev–Trinajstić information content (AvgIpc) is 3.40. The summed E-state index contributed by atoms with van der Waals surface area (Å²) in [5.74, 6) is 0. The van der Waals surface area contributed by atoms with Gasteiger partial charge in [-0.1, -0.05) is 0 Å². The lowest BCUT2D eigenvalue weighted by molar-refractivity contribution is -0.00719. The van der Waals surface area contributed by atoms with Crippen molar-refractivity contribution in [1.82, 2.24) is 0 Å². The van der Waals surface area contributed by atoms with E-state index >= 15 is 0 Å². The Labute approximate surface area is 196 Å². The second-order valence-corrected chi connectivity index (χ2v) is 9.32. The number of hydrogen-bond acceptors (Lipinski definition) is 9. The second kappa shape index (κ2) is 13.8. The maximum absolute atomic E-state index is 11.0. The quantitative estimate of drug-likeness (QED) is 0.213. The Morgan fingerprint density at radius 3 is 1.94 bits per heavy atom. The Balaban J connectivity index is 1.26. The zero-order valence-corrected chi connectivity index (χ0v) is 20.3. The first-order valence-corrected chi connectivity index (χ1v) is 12.3. The SMILES string of the molecule is COCCOCCOCCOCCOCCN(C)c1cc2cc3cc(C=O)sc3cc2s1. The summed E-state index contributed by atoms with van der Waals surface area (Å²) in [6.45, 7) is 6.00. The van der Waals surface area contributed by atoms with E-state index in [1.165, 1.54) is 26.4 Å². The molecule has 0 N–H and O–H groups in total.